The molecule has 0 aromatic heterocycles. The molecule has 22 heavy (non-hydrogen) atoms. The van der Waals surface area contributed by atoms with Crippen LogP contribution in [0.15, 0.2) is 0 Å². The molecule has 3 fully saturated rings. The zero-order valence-electron chi connectivity index (χ0n) is 11.5. The third-order valence-corrected chi connectivity index (χ3v) is 4.23. The molecule has 10 atom stereocenters. The number of hydrogen-bond acceptors (Lipinski definition) is 10. The molecule has 0 aliphatic carbocycles. The van der Waals surface area contributed by atoms with Gasteiger partial charge in [0.05, 0.1) is 13.2 Å². The van der Waals surface area contributed by atoms with Crippen molar-refractivity contribution >= 4 is 0 Å². The summed E-state index contributed by atoms with van der Waals surface area (Å²) in [6.45, 7) is -0.489. The summed E-state index contributed by atoms with van der Waals surface area (Å²) in [5, 5.41) is 57.8. The maximum atomic E-state index is 9.93. The molecule has 2 bridgehead atoms. The predicted octanol–water partition coefficient (Wildman–Crippen LogP) is -4.35. The van der Waals surface area contributed by atoms with Gasteiger partial charge in [-0.3, -0.25) is 0 Å². The topological polar surface area (TPSA) is 158 Å². The van der Waals surface area contributed by atoms with Gasteiger partial charge in [0.15, 0.2) is 12.6 Å². The van der Waals surface area contributed by atoms with Crippen molar-refractivity contribution < 1.29 is 49.6 Å². The summed E-state index contributed by atoms with van der Waals surface area (Å²) in [6.07, 6.45) is -12.1. The Bertz CT molecular complexity index is 392. The Labute approximate surface area is 125 Å². The van der Waals surface area contributed by atoms with Gasteiger partial charge in [-0.05, 0) is 0 Å². The Morgan fingerprint density at radius 3 is 2.32 bits per heavy atom. The van der Waals surface area contributed by atoms with Crippen LogP contribution in [0, 0.1) is 0 Å². The second kappa shape index (κ2) is 6.24. The smallest absolute Gasteiger partial charge is 0.187 e. The standard InChI is InChI=1S/C12H20O10/c13-1-3-5(14)6(15)7(16)12(21-3)22-9-4-2-19-10(9)8(17)11(18)20-4/h3-18H,1-2H2/t3?,4-,5+,6+,7?,8?,9-,10?,11-,12+/m1/s1. The van der Waals surface area contributed by atoms with Crippen molar-refractivity contribution in [1.82, 2.24) is 0 Å². The molecule has 0 spiro atoms. The Morgan fingerprint density at radius 2 is 1.64 bits per heavy atom. The average molecular weight is 324 g/mol. The maximum absolute atomic E-state index is 9.93. The van der Waals surface area contributed by atoms with E-state index in [0.717, 1.165) is 0 Å². The second-order valence-corrected chi connectivity index (χ2v) is 5.65. The molecule has 128 valence electrons. The van der Waals surface area contributed by atoms with E-state index in [1.165, 1.54) is 0 Å². The lowest BCUT2D eigenvalue weighted by molar-refractivity contribution is -0.336. The van der Waals surface area contributed by atoms with E-state index in [0.29, 0.717) is 0 Å². The molecule has 6 N–H and O–H groups in total. The molecule has 10 heteroatoms. The Kier molecular flexibility index (Phi) is 4.67. The minimum Gasteiger partial charge on any atom is -0.394 e. The number of fused-ring (bicyclic) bond motifs is 2. The molecular formula is C12H20O10. The van der Waals surface area contributed by atoms with E-state index >= 15 is 0 Å². The molecule has 0 aromatic rings. The van der Waals surface area contributed by atoms with Crippen LogP contribution in [-0.4, -0.2) is 105 Å². The van der Waals surface area contributed by atoms with Gasteiger partial charge in [0.25, 0.3) is 0 Å². The van der Waals surface area contributed by atoms with Gasteiger partial charge in [-0.15, -0.1) is 0 Å². The van der Waals surface area contributed by atoms with Gasteiger partial charge in [0, 0.05) is 0 Å². The first kappa shape index (κ1) is 16.5. The molecule has 3 heterocycles. The highest BCUT2D eigenvalue weighted by Gasteiger charge is 2.54. The van der Waals surface area contributed by atoms with E-state index in [2.05, 4.69) is 0 Å². The van der Waals surface area contributed by atoms with Gasteiger partial charge in [-0.1, -0.05) is 0 Å². The van der Waals surface area contributed by atoms with E-state index in [1.807, 2.05) is 0 Å². The molecule has 3 saturated heterocycles. The highest BCUT2D eigenvalue weighted by molar-refractivity contribution is 4.97. The molecule has 4 unspecified atom stereocenters. The van der Waals surface area contributed by atoms with E-state index < -0.39 is 68.0 Å². The zero-order chi connectivity index (χ0) is 16.0. The minimum absolute atomic E-state index is 0.0842. The average Bonchev–Trinajstić information content (AvgIpc) is 2.82. The zero-order valence-corrected chi connectivity index (χ0v) is 11.5. The Balaban J connectivity index is 1.70. The lowest BCUT2D eigenvalue weighted by Crippen LogP contribution is -2.62. The molecule has 0 saturated carbocycles. The third kappa shape index (κ3) is 2.65. The summed E-state index contributed by atoms with van der Waals surface area (Å²) < 4.78 is 21.2. The molecule has 3 aliphatic rings. The van der Waals surface area contributed by atoms with E-state index in [4.69, 9.17) is 24.1 Å². The third-order valence-electron chi connectivity index (χ3n) is 4.23. The Hall–Kier alpha value is -0.400. The quantitative estimate of drug-likeness (QED) is 0.299. The molecule has 0 radical (unpaired) electrons. The molecule has 10 nitrogen and oxygen atoms in total. The summed E-state index contributed by atoms with van der Waals surface area (Å²) in [7, 11) is 0. The summed E-state index contributed by atoms with van der Waals surface area (Å²) >= 11 is 0. The fourth-order valence-electron chi connectivity index (χ4n) is 2.94. The van der Waals surface area contributed by atoms with Gasteiger partial charge < -0.3 is 49.6 Å². The first-order valence-electron chi connectivity index (χ1n) is 7.03. The first-order valence-corrected chi connectivity index (χ1v) is 7.03. The minimum atomic E-state index is -1.56. The molecule has 3 aliphatic heterocycles. The molecule has 0 amide bonds. The number of aliphatic hydroxyl groups is 6. The SMILES string of the molecule is OCC1O[C@@H](O[C@H]2C3OC[C@H]2O[C@@H](O)C3O)C(O)[C@@H](O)[C@H]1O. The van der Waals surface area contributed by atoms with E-state index in [9.17, 15) is 25.5 Å². The molecule has 0 aromatic carbocycles. The summed E-state index contributed by atoms with van der Waals surface area (Å²) in [4.78, 5) is 0. The lowest BCUT2D eigenvalue weighted by atomic mass is 9.98. The fourth-order valence-corrected chi connectivity index (χ4v) is 2.94. The van der Waals surface area contributed by atoms with E-state index in [1.54, 1.807) is 0 Å². The fraction of sp³-hybridized carbons (Fsp3) is 1.00. The lowest BCUT2D eigenvalue weighted by Gasteiger charge is -2.43. The van der Waals surface area contributed by atoms with Crippen molar-refractivity contribution in [1.29, 1.82) is 0 Å². The number of hydrogen-bond donors (Lipinski definition) is 6. The number of aliphatic hydroxyl groups excluding tert-OH is 6. The van der Waals surface area contributed by atoms with Crippen LogP contribution in [0.25, 0.3) is 0 Å². The first-order chi connectivity index (χ1) is 10.4. The van der Waals surface area contributed by atoms with Crippen LogP contribution >= 0.6 is 0 Å². The van der Waals surface area contributed by atoms with Gasteiger partial charge >= 0.3 is 0 Å². The number of rotatable bonds is 3. The van der Waals surface area contributed by atoms with Crippen LogP contribution in [-0.2, 0) is 18.9 Å². The van der Waals surface area contributed by atoms with Crippen LogP contribution in [0.2, 0.25) is 0 Å². The summed E-state index contributed by atoms with van der Waals surface area (Å²) in [6, 6.07) is 0. The van der Waals surface area contributed by atoms with Crippen molar-refractivity contribution in [3.05, 3.63) is 0 Å². The van der Waals surface area contributed by atoms with Crippen molar-refractivity contribution in [2.24, 2.45) is 0 Å². The summed E-state index contributed by atoms with van der Waals surface area (Å²) in [5.74, 6) is 0. The molecular weight excluding hydrogens is 304 g/mol. The van der Waals surface area contributed by atoms with Gasteiger partial charge in [-0.25, -0.2) is 0 Å². The van der Waals surface area contributed by atoms with Crippen LogP contribution in [0.3, 0.4) is 0 Å². The normalized spacial score (nSPS) is 55.4. The highest BCUT2D eigenvalue weighted by Crippen LogP contribution is 2.33. The van der Waals surface area contributed by atoms with Crippen molar-refractivity contribution in [3.63, 3.8) is 0 Å². The van der Waals surface area contributed by atoms with Crippen LogP contribution < -0.4 is 0 Å². The van der Waals surface area contributed by atoms with E-state index in [-0.39, 0.29) is 6.61 Å². The van der Waals surface area contributed by atoms with Crippen LogP contribution in [0.4, 0.5) is 0 Å². The van der Waals surface area contributed by atoms with Gasteiger partial charge in [-0.2, -0.15) is 0 Å². The number of ether oxygens (including phenoxy) is 4. The summed E-state index contributed by atoms with van der Waals surface area (Å²) in [5.41, 5.74) is 0. The van der Waals surface area contributed by atoms with Crippen molar-refractivity contribution in [2.45, 2.75) is 61.4 Å². The maximum Gasteiger partial charge on any atom is 0.187 e. The van der Waals surface area contributed by atoms with Crippen molar-refractivity contribution in [3.8, 4) is 0 Å². The largest absolute Gasteiger partial charge is 0.394 e. The predicted molar refractivity (Wildman–Crippen MR) is 65.3 cm³/mol. The van der Waals surface area contributed by atoms with Crippen LogP contribution in [0.1, 0.15) is 0 Å². The van der Waals surface area contributed by atoms with Gasteiger partial charge in [0.1, 0.15) is 48.8 Å². The molecule has 3 rings (SSSR count). The van der Waals surface area contributed by atoms with Crippen molar-refractivity contribution in [2.75, 3.05) is 13.2 Å². The van der Waals surface area contributed by atoms with Gasteiger partial charge in [0.2, 0.25) is 0 Å². The Morgan fingerprint density at radius 1 is 0.909 bits per heavy atom. The second-order valence-electron chi connectivity index (χ2n) is 5.65. The monoisotopic (exact) mass is 324 g/mol. The highest BCUT2D eigenvalue weighted by atomic mass is 16.7. The van der Waals surface area contributed by atoms with Crippen LogP contribution in [0.5, 0.6) is 0 Å².